The number of likely N-dealkylation sites (N-methyl/N-ethyl adjacent to an activating group) is 1. The fraction of sp³-hybridized carbons (Fsp3) is 0.421. The van der Waals surface area contributed by atoms with Gasteiger partial charge in [-0.15, -0.1) is 0 Å². The molecule has 0 unspecified atom stereocenters. The molecule has 0 radical (unpaired) electrons. The van der Waals surface area contributed by atoms with Gasteiger partial charge in [0.1, 0.15) is 19.2 Å². The summed E-state index contributed by atoms with van der Waals surface area (Å²) in [7, 11) is 4.61. The standard InChI is InChI=1S/C38H49N3O2/c1-5-7-9-10-14-22-36(34-24-23-31(37(39)42)28-35(34)29-17-12-11-13-18-29)41(3,4)25-26-43-38-33-21-16-15-19-30(33)27-32(40-38)20-8-6-2/h11-13,15-19,21,23-24,27-28,36H,5-10,14,20,22,25-26H2,1-4H3,(H-,39,42)/p+1/t36-/m1/s1. The Morgan fingerprint density at radius 2 is 1.58 bits per heavy atom. The number of hydrogen-bond acceptors (Lipinski definition) is 3. The van der Waals surface area contributed by atoms with Gasteiger partial charge >= 0.3 is 0 Å². The number of carbonyl (C=O) groups is 1. The van der Waals surface area contributed by atoms with Crippen LogP contribution in [0, 0.1) is 0 Å². The Labute approximate surface area is 258 Å². The molecular weight excluding hydrogens is 530 g/mol. The van der Waals surface area contributed by atoms with Crippen LogP contribution >= 0.6 is 0 Å². The van der Waals surface area contributed by atoms with Crippen molar-refractivity contribution >= 4 is 16.7 Å². The second-order valence-corrected chi connectivity index (χ2v) is 12.3. The molecule has 1 amide bonds. The summed E-state index contributed by atoms with van der Waals surface area (Å²) in [6, 6.07) is 27.2. The average molecular weight is 581 g/mol. The first-order chi connectivity index (χ1) is 20.8. The van der Waals surface area contributed by atoms with Crippen LogP contribution in [0.4, 0.5) is 0 Å². The van der Waals surface area contributed by atoms with Gasteiger partial charge in [0.05, 0.1) is 14.1 Å². The van der Waals surface area contributed by atoms with Crippen molar-refractivity contribution in [2.45, 2.75) is 77.7 Å². The molecule has 4 aromatic rings. The Hall–Kier alpha value is -3.70. The first-order valence-electron chi connectivity index (χ1n) is 16.2. The number of fused-ring (bicyclic) bond motifs is 1. The molecule has 0 fully saturated rings. The van der Waals surface area contributed by atoms with Gasteiger partial charge in [-0.25, -0.2) is 4.98 Å². The maximum Gasteiger partial charge on any atom is 0.248 e. The number of hydrogen-bond donors (Lipinski definition) is 1. The molecule has 1 aromatic heterocycles. The second kappa shape index (κ2) is 15.7. The van der Waals surface area contributed by atoms with E-state index in [-0.39, 0.29) is 6.04 Å². The predicted octanol–water partition coefficient (Wildman–Crippen LogP) is 8.90. The highest BCUT2D eigenvalue weighted by molar-refractivity contribution is 5.94. The highest BCUT2D eigenvalue weighted by Crippen LogP contribution is 2.38. The number of aryl methyl sites for hydroxylation is 1. The molecule has 0 saturated carbocycles. The third-order valence-corrected chi connectivity index (χ3v) is 8.66. The van der Waals surface area contributed by atoms with Crippen LogP contribution in [0.25, 0.3) is 21.9 Å². The quantitative estimate of drug-likeness (QED) is 0.100. The van der Waals surface area contributed by atoms with Crippen LogP contribution in [-0.4, -0.2) is 42.6 Å². The van der Waals surface area contributed by atoms with Gasteiger partial charge in [-0.3, -0.25) is 4.79 Å². The van der Waals surface area contributed by atoms with Crippen molar-refractivity contribution in [1.29, 1.82) is 0 Å². The Bertz CT molecular complexity index is 1470. The average Bonchev–Trinajstić information content (AvgIpc) is 3.01. The Morgan fingerprint density at radius 3 is 2.33 bits per heavy atom. The second-order valence-electron chi connectivity index (χ2n) is 12.3. The summed E-state index contributed by atoms with van der Waals surface area (Å²) in [6.07, 6.45) is 10.4. The molecule has 0 aliphatic heterocycles. The number of carbonyl (C=O) groups excluding carboxylic acids is 1. The molecule has 4 rings (SSSR count). The van der Waals surface area contributed by atoms with E-state index in [1.165, 1.54) is 36.6 Å². The van der Waals surface area contributed by atoms with E-state index >= 15 is 0 Å². The molecule has 5 nitrogen and oxygen atoms in total. The number of primary amides is 1. The van der Waals surface area contributed by atoms with E-state index in [0.717, 1.165) is 71.2 Å². The van der Waals surface area contributed by atoms with Crippen molar-refractivity contribution in [1.82, 2.24) is 4.98 Å². The minimum Gasteiger partial charge on any atom is -0.471 e. The Balaban J connectivity index is 1.62. The Morgan fingerprint density at radius 1 is 0.860 bits per heavy atom. The van der Waals surface area contributed by atoms with Crippen molar-refractivity contribution in [3.63, 3.8) is 0 Å². The summed E-state index contributed by atoms with van der Waals surface area (Å²) >= 11 is 0. The van der Waals surface area contributed by atoms with Gasteiger partial charge in [0.2, 0.25) is 11.8 Å². The molecule has 5 heteroatoms. The predicted molar refractivity (Wildman–Crippen MR) is 179 cm³/mol. The smallest absolute Gasteiger partial charge is 0.248 e. The number of ether oxygens (including phenoxy) is 1. The minimum absolute atomic E-state index is 0.225. The zero-order valence-corrected chi connectivity index (χ0v) is 26.6. The highest BCUT2D eigenvalue weighted by Gasteiger charge is 2.32. The van der Waals surface area contributed by atoms with Crippen LogP contribution in [0.1, 0.15) is 92.9 Å². The van der Waals surface area contributed by atoms with E-state index in [9.17, 15) is 4.79 Å². The molecule has 2 N–H and O–H groups in total. The fourth-order valence-corrected chi connectivity index (χ4v) is 6.04. The zero-order chi connectivity index (χ0) is 30.7. The van der Waals surface area contributed by atoms with Crippen LogP contribution in [0.2, 0.25) is 0 Å². The topological polar surface area (TPSA) is 65.2 Å². The lowest BCUT2D eigenvalue weighted by Crippen LogP contribution is -2.46. The molecule has 0 aliphatic carbocycles. The summed E-state index contributed by atoms with van der Waals surface area (Å²) < 4.78 is 7.26. The lowest BCUT2D eigenvalue weighted by Gasteiger charge is -2.39. The lowest BCUT2D eigenvalue weighted by molar-refractivity contribution is -0.921. The molecule has 3 aromatic carbocycles. The van der Waals surface area contributed by atoms with Crippen LogP contribution in [-0.2, 0) is 6.42 Å². The number of quaternary nitrogens is 1. The maximum absolute atomic E-state index is 12.2. The molecule has 228 valence electrons. The largest absolute Gasteiger partial charge is 0.471 e. The number of unbranched alkanes of at least 4 members (excludes halogenated alkanes) is 5. The summed E-state index contributed by atoms with van der Waals surface area (Å²) in [4.78, 5) is 17.1. The van der Waals surface area contributed by atoms with E-state index in [4.69, 9.17) is 15.5 Å². The zero-order valence-electron chi connectivity index (χ0n) is 26.6. The molecule has 0 aliphatic rings. The van der Waals surface area contributed by atoms with E-state index in [0.29, 0.717) is 12.2 Å². The SMILES string of the molecule is CCCCCCC[C@H](c1ccc(C(N)=O)cc1-c1ccccc1)[N+](C)(C)CCOc1nc(CCCC)cc2ccccc12. The number of amides is 1. The van der Waals surface area contributed by atoms with Crippen molar-refractivity contribution in [2.24, 2.45) is 5.73 Å². The van der Waals surface area contributed by atoms with Crippen LogP contribution < -0.4 is 10.5 Å². The summed E-state index contributed by atoms with van der Waals surface area (Å²) in [5, 5.41) is 2.24. The first kappa shape index (κ1) is 32.2. The minimum atomic E-state index is -0.400. The Kier molecular flexibility index (Phi) is 11.7. The van der Waals surface area contributed by atoms with Gasteiger partial charge in [0, 0.05) is 28.6 Å². The lowest BCUT2D eigenvalue weighted by atomic mass is 9.88. The van der Waals surface area contributed by atoms with E-state index < -0.39 is 5.91 Å². The number of rotatable bonds is 17. The summed E-state index contributed by atoms with van der Waals surface area (Å²) in [5.41, 5.74) is 10.8. The van der Waals surface area contributed by atoms with Gasteiger partial charge in [-0.05, 0) is 60.0 Å². The van der Waals surface area contributed by atoms with E-state index in [1.807, 2.05) is 18.2 Å². The van der Waals surface area contributed by atoms with Crippen molar-refractivity contribution in [3.8, 4) is 17.0 Å². The van der Waals surface area contributed by atoms with Gasteiger partial charge in [0.25, 0.3) is 0 Å². The van der Waals surface area contributed by atoms with Crippen LogP contribution in [0.15, 0.2) is 78.9 Å². The number of nitrogens with zero attached hydrogens (tertiary/aromatic N) is 2. The van der Waals surface area contributed by atoms with E-state index in [2.05, 4.69) is 88.6 Å². The number of benzene rings is 3. The van der Waals surface area contributed by atoms with Crippen molar-refractivity contribution in [3.05, 3.63) is 95.7 Å². The molecule has 0 saturated heterocycles. The monoisotopic (exact) mass is 580 g/mol. The third-order valence-electron chi connectivity index (χ3n) is 8.66. The van der Waals surface area contributed by atoms with Crippen molar-refractivity contribution < 1.29 is 14.0 Å². The molecular formula is C38H50N3O2+. The number of nitrogens with two attached hydrogens (primary N) is 1. The first-order valence-corrected chi connectivity index (χ1v) is 16.2. The molecule has 1 atom stereocenters. The molecule has 0 spiro atoms. The normalized spacial score (nSPS) is 12.4. The van der Waals surface area contributed by atoms with Gasteiger partial charge < -0.3 is 15.0 Å². The van der Waals surface area contributed by atoms with Gasteiger partial charge in [0.15, 0.2) is 0 Å². The van der Waals surface area contributed by atoms with Crippen LogP contribution in [0.3, 0.4) is 0 Å². The summed E-state index contributed by atoms with van der Waals surface area (Å²) in [5.74, 6) is 0.332. The van der Waals surface area contributed by atoms with E-state index in [1.54, 1.807) is 0 Å². The van der Waals surface area contributed by atoms with Gasteiger partial charge in [-0.1, -0.05) is 101 Å². The third kappa shape index (κ3) is 8.67. The number of pyridine rings is 1. The fourth-order valence-electron chi connectivity index (χ4n) is 6.04. The van der Waals surface area contributed by atoms with Crippen LogP contribution in [0.5, 0.6) is 5.88 Å². The molecule has 0 bridgehead atoms. The molecule has 43 heavy (non-hydrogen) atoms. The summed E-state index contributed by atoms with van der Waals surface area (Å²) in [6.45, 7) is 5.85. The van der Waals surface area contributed by atoms with Gasteiger partial charge in [-0.2, -0.15) is 0 Å². The van der Waals surface area contributed by atoms with Crippen molar-refractivity contribution in [2.75, 3.05) is 27.2 Å². The maximum atomic E-state index is 12.2. The highest BCUT2D eigenvalue weighted by atomic mass is 16.5. The molecule has 1 heterocycles. The number of aromatic nitrogens is 1.